The second-order valence-corrected chi connectivity index (χ2v) is 3.68. The quantitative estimate of drug-likeness (QED) is 0.734. The van der Waals surface area contributed by atoms with Gasteiger partial charge in [-0.15, -0.1) is 0 Å². The molecule has 2 nitrogen and oxygen atoms in total. The molecule has 0 aliphatic carbocycles. The highest BCUT2D eigenvalue weighted by Gasteiger charge is 1.97. The molecule has 0 amide bonds. The summed E-state index contributed by atoms with van der Waals surface area (Å²) in [7, 11) is 0. The van der Waals surface area contributed by atoms with Crippen molar-refractivity contribution in [2.75, 3.05) is 6.54 Å². The van der Waals surface area contributed by atoms with Crippen molar-refractivity contribution < 1.29 is 4.79 Å². The molecule has 0 spiro atoms. The number of halogens is 2. The third-order valence-corrected chi connectivity index (χ3v) is 2.07. The number of hydrogen-bond acceptors (Lipinski definition) is 2. The Morgan fingerprint density at radius 3 is 2.79 bits per heavy atom. The fraction of sp³-hybridized carbons (Fsp3) is 0.200. The molecule has 0 unspecified atom stereocenters. The normalized spacial score (nSPS) is 10.8. The first-order chi connectivity index (χ1) is 6.59. The zero-order valence-electron chi connectivity index (χ0n) is 7.63. The molecule has 0 aliphatic rings. The molecule has 0 saturated heterocycles. The first-order valence-electron chi connectivity index (χ1n) is 4.04. The Kier molecular flexibility index (Phi) is 4.11. The molecule has 1 rings (SSSR count). The minimum atomic E-state index is 0.0198. The molecule has 0 radical (unpaired) electrons. The van der Waals surface area contributed by atoms with E-state index in [2.05, 4.69) is 4.99 Å². The molecule has 1 aromatic rings. The summed E-state index contributed by atoms with van der Waals surface area (Å²) in [4.78, 5) is 14.5. The summed E-state index contributed by atoms with van der Waals surface area (Å²) in [6.07, 6.45) is 1.57. The van der Waals surface area contributed by atoms with E-state index in [-0.39, 0.29) is 12.3 Å². The zero-order chi connectivity index (χ0) is 10.6. The van der Waals surface area contributed by atoms with Gasteiger partial charge in [0.15, 0.2) is 5.78 Å². The predicted octanol–water partition coefficient (Wildman–Crippen LogP) is 3.00. The monoisotopic (exact) mass is 229 g/mol. The van der Waals surface area contributed by atoms with Crippen LogP contribution in [0.2, 0.25) is 10.0 Å². The van der Waals surface area contributed by atoms with Gasteiger partial charge in [-0.05, 0) is 19.1 Å². The van der Waals surface area contributed by atoms with E-state index in [0.717, 1.165) is 5.56 Å². The number of Topliss-reactive ketones (excluding diaryl/α,β-unsaturated/α-hetero) is 1. The van der Waals surface area contributed by atoms with Crippen molar-refractivity contribution in [1.29, 1.82) is 0 Å². The fourth-order valence-corrected chi connectivity index (χ4v) is 1.34. The van der Waals surface area contributed by atoms with Crippen LogP contribution in [0.4, 0.5) is 0 Å². The van der Waals surface area contributed by atoms with E-state index in [9.17, 15) is 4.79 Å². The lowest BCUT2D eigenvalue weighted by Crippen LogP contribution is -1.95. The van der Waals surface area contributed by atoms with E-state index in [1.807, 2.05) is 0 Å². The van der Waals surface area contributed by atoms with Gasteiger partial charge < -0.3 is 0 Å². The van der Waals surface area contributed by atoms with Gasteiger partial charge in [0.05, 0.1) is 11.6 Å². The highest BCUT2D eigenvalue weighted by Crippen LogP contribution is 2.19. The Labute approximate surface area is 92.6 Å². The Morgan fingerprint density at radius 1 is 1.50 bits per heavy atom. The number of aliphatic imine (C=N–C) groups is 1. The van der Waals surface area contributed by atoms with Crippen molar-refractivity contribution in [3.05, 3.63) is 33.8 Å². The van der Waals surface area contributed by atoms with Crippen molar-refractivity contribution in [2.24, 2.45) is 4.99 Å². The lowest BCUT2D eigenvalue weighted by molar-refractivity contribution is -0.115. The van der Waals surface area contributed by atoms with Crippen molar-refractivity contribution in [2.45, 2.75) is 6.92 Å². The SMILES string of the molecule is CC(=O)CN=Cc1ccc(Cl)cc1Cl. The fourth-order valence-electron chi connectivity index (χ4n) is 0.879. The molecular formula is C10H9Cl2NO. The molecule has 0 heterocycles. The topological polar surface area (TPSA) is 29.4 Å². The Bertz CT molecular complexity index is 374. The Morgan fingerprint density at radius 2 is 2.21 bits per heavy atom. The van der Waals surface area contributed by atoms with E-state index >= 15 is 0 Å². The predicted molar refractivity (Wildman–Crippen MR) is 59.6 cm³/mol. The van der Waals surface area contributed by atoms with Crippen LogP contribution in [0.25, 0.3) is 0 Å². The summed E-state index contributed by atoms with van der Waals surface area (Å²) < 4.78 is 0. The number of carbonyl (C=O) groups is 1. The molecule has 0 atom stereocenters. The molecule has 1 aromatic carbocycles. The Balaban J connectivity index is 2.76. The molecule has 0 N–H and O–H groups in total. The maximum absolute atomic E-state index is 10.6. The van der Waals surface area contributed by atoms with Crippen molar-refractivity contribution in [1.82, 2.24) is 0 Å². The van der Waals surface area contributed by atoms with Crippen molar-refractivity contribution in [3.8, 4) is 0 Å². The summed E-state index contributed by atoms with van der Waals surface area (Å²) in [5.41, 5.74) is 0.761. The van der Waals surface area contributed by atoms with Crippen LogP contribution in [0.5, 0.6) is 0 Å². The van der Waals surface area contributed by atoms with Crippen LogP contribution in [0.1, 0.15) is 12.5 Å². The van der Waals surface area contributed by atoms with Gasteiger partial charge in [-0.25, -0.2) is 0 Å². The minimum absolute atomic E-state index is 0.0198. The van der Waals surface area contributed by atoms with Gasteiger partial charge in [-0.1, -0.05) is 29.3 Å². The molecule has 0 bridgehead atoms. The van der Waals surface area contributed by atoms with E-state index < -0.39 is 0 Å². The maximum Gasteiger partial charge on any atom is 0.151 e. The van der Waals surface area contributed by atoms with Crippen LogP contribution in [0, 0.1) is 0 Å². The van der Waals surface area contributed by atoms with Gasteiger partial charge >= 0.3 is 0 Å². The molecule has 0 aliphatic heterocycles. The van der Waals surface area contributed by atoms with Crippen LogP contribution in [0.15, 0.2) is 23.2 Å². The lowest BCUT2D eigenvalue weighted by Gasteiger charge is -1.97. The first-order valence-corrected chi connectivity index (χ1v) is 4.79. The van der Waals surface area contributed by atoms with Crippen LogP contribution < -0.4 is 0 Å². The second kappa shape index (κ2) is 5.13. The standard InChI is InChI=1S/C10H9Cl2NO/c1-7(14)5-13-6-8-2-3-9(11)4-10(8)12/h2-4,6H,5H2,1H3. The van der Waals surface area contributed by atoms with Gasteiger partial charge in [-0.2, -0.15) is 0 Å². The number of benzene rings is 1. The third-order valence-electron chi connectivity index (χ3n) is 1.51. The van der Waals surface area contributed by atoms with Gasteiger partial charge in [0.2, 0.25) is 0 Å². The minimum Gasteiger partial charge on any atom is -0.298 e. The van der Waals surface area contributed by atoms with Crippen LogP contribution in [-0.2, 0) is 4.79 Å². The summed E-state index contributed by atoms with van der Waals surface area (Å²) in [5.74, 6) is 0.0198. The first kappa shape index (κ1) is 11.2. The highest BCUT2D eigenvalue weighted by molar-refractivity contribution is 6.36. The van der Waals surface area contributed by atoms with E-state index in [1.165, 1.54) is 6.92 Å². The van der Waals surface area contributed by atoms with Gasteiger partial charge in [0, 0.05) is 16.8 Å². The van der Waals surface area contributed by atoms with Crippen molar-refractivity contribution in [3.63, 3.8) is 0 Å². The van der Waals surface area contributed by atoms with Gasteiger partial charge in [0.1, 0.15) is 0 Å². The van der Waals surface area contributed by atoms with E-state index in [0.29, 0.717) is 10.0 Å². The largest absolute Gasteiger partial charge is 0.298 e. The zero-order valence-corrected chi connectivity index (χ0v) is 9.14. The summed E-state index contributed by atoms with van der Waals surface area (Å²) in [6, 6.07) is 5.12. The average Bonchev–Trinajstić information content (AvgIpc) is 2.08. The molecule has 0 saturated carbocycles. The van der Waals surface area contributed by atoms with Crippen LogP contribution >= 0.6 is 23.2 Å². The maximum atomic E-state index is 10.6. The Hall–Kier alpha value is -0.860. The van der Waals surface area contributed by atoms with E-state index in [4.69, 9.17) is 23.2 Å². The van der Waals surface area contributed by atoms with Gasteiger partial charge in [0.25, 0.3) is 0 Å². The molecule has 74 valence electrons. The van der Waals surface area contributed by atoms with Crippen LogP contribution in [0.3, 0.4) is 0 Å². The highest BCUT2D eigenvalue weighted by atomic mass is 35.5. The molecule has 0 aromatic heterocycles. The smallest absolute Gasteiger partial charge is 0.151 e. The average molecular weight is 230 g/mol. The number of carbonyl (C=O) groups excluding carboxylic acids is 1. The third kappa shape index (κ3) is 3.48. The summed E-state index contributed by atoms with van der Waals surface area (Å²) >= 11 is 11.6. The van der Waals surface area contributed by atoms with E-state index in [1.54, 1.807) is 24.4 Å². The molecular weight excluding hydrogens is 221 g/mol. The number of rotatable bonds is 3. The summed E-state index contributed by atoms with van der Waals surface area (Å²) in [5, 5.41) is 1.11. The summed E-state index contributed by atoms with van der Waals surface area (Å²) in [6.45, 7) is 1.67. The van der Waals surface area contributed by atoms with Gasteiger partial charge in [-0.3, -0.25) is 9.79 Å². The molecule has 4 heteroatoms. The number of hydrogen-bond donors (Lipinski definition) is 0. The lowest BCUT2D eigenvalue weighted by atomic mass is 10.2. The van der Waals surface area contributed by atoms with Crippen molar-refractivity contribution >= 4 is 35.2 Å². The molecule has 14 heavy (non-hydrogen) atoms. The molecule has 0 fully saturated rings. The van der Waals surface area contributed by atoms with Crippen LogP contribution in [-0.4, -0.2) is 18.5 Å². The number of ketones is 1. The number of nitrogens with zero attached hydrogens (tertiary/aromatic N) is 1. The second-order valence-electron chi connectivity index (χ2n) is 2.84.